The average molecular weight is 374 g/mol. The number of nitrogens with zero attached hydrogens (tertiary/aromatic N) is 1. The van der Waals surface area contributed by atoms with Crippen molar-refractivity contribution in [1.82, 2.24) is 4.98 Å². The number of rotatable bonds is 4. The van der Waals surface area contributed by atoms with Crippen molar-refractivity contribution in [3.05, 3.63) is 54.6 Å². The molecule has 28 heavy (non-hydrogen) atoms. The summed E-state index contributed by atoms with van der Waals surface area (Å²) in [4.78, 5) is 4.68. The van der Waals surface area contributed by atoms with E-state index in [1.807, 2.05) is 61.6 Å². The maximum absolute atomic E-state index is 5.97. The Labute approximate surface area is 161 Å². The van der Waals surface area contributed by atoms with Gasteiger partial charge in [-0.1, -0.05) is 12.1 Å². The molecule has 0 saturated carbocycles. The molecule has 6 nitrogen and oxygen atoms in total. The molecular weight excluding hydrogens is 356 g/mol. The van der Waals surface area contributed by atoms with Crippen molar-refractivity contribution >= 4 is 16.8 Å². The van der Waals surface area contributed by atoms with Crippen molar-refractivity contribution < 1.29 is 18.6 Å². The molecule has 0 amide bonds. The summed E-state index contributed by atoms with van der Waals surface area (Å²) >= 11 is 0. The van der Waals surface area contributed by atoms with E-state index in [1.54, 1.807) is 7.11 Å². The zero-order valence-corrected chi connectivity index (χ0v) is 15.5. The molecule has 0 atom stereocenters. The molecule has 1 aromatic heterocycles. The second-order valence-corrected chi connectivity index (χ2v) is 6.43. The minimum atomic E-state index is 0.265. The van der Waals surface area contributed by atoms with E-state index in [2.05, 4.69) is 10.3 Å². The summed E-state index contributed by atoms with van der Waals surface area (Å²) in [7, 11) is 3.50. The van der Waals surface area contributed by atoms with Gasteiger partial charge in [-0.15, -0.1) is 0 Å². The Morgan fingerprint density at radius 2 is 1.68 bits per heavy atom. The van der Waals surface area contributed by atoms with Crippen LogP contribution in [-0.4, -0.2) is 25.9 Å². The van der Waals surface area contributed by atoms with Gasteiger partial charge in [-0.05, 0) is 53.6 Å². The molecule has 1 N–H and O–H groups in total. The number of nitrogens with one attached hydrogen (secondary N) is 1. The Bertz CT molecular complexity index is 1180. The molecule has 0 fully saturated rings. The lowest BCUT2D eigenvalue weighted by atomic mass is 10.0. The van der Waals surface area contributed by atoms with Gasteiger partial charge in [0.25, 0.3) is 0 Å². The fourth-order valence-electron chi connectivity index (χ4n) is 3.34. The van der Waals surface area contributed by atoms with Crippen LogP contribution in [0.5, 0.6) is 17.2 Å². The third-order valence-corrected chi connectivity index (χ3v) is 4.81. The number of benzene rings is 3. The van der Waals surface area contributed by atoms with Crippen LogP contribution in [0.3, 0.4) is 0 Å². The van der Waals surface area contributed by atoms with E-state index in [9.17, 15) is 0 Å². The number of anilines is 1. The first-order valence-electron chi connectivity index (χ1n) is 8.92. The van der Waals surface area contributed by atoms with Gasteiger partial charge in [-0.25, -0.2) is 4.98 Å². The van der Waals surface area contributed by atoms with Crippen LogP contribution in [0.4, 0.5) is 5.69 Å². The third kappa shape index (κ3) is 2.70. The molecule has 3 aromatic carbocycles. The van der Waals surface area contributed by atoms with Crippen LogP contribution < -0.4 is 19.5 Å². The summed E-state index contributed by atoms with van der Waals surface area (Å²) in [5.41, 5.74) is 5.37. The highest BCUT2D eigenvalue weighted by Gasteiger charge is 2.15. The van der Waals surface area contributed by atoms with Gasteiger partial charge in [0.1, 0.15) is 11.3 Å². The SMILES string of the molecule is CNc1cc(-c2nc3cc(-c4ccc5c(c4)OCO5)ccc3o2)ccc1OC. The first-order chi connectivity index (χ1) is 13.7. The van der Waals surface area contributed by atoms with E-state index >= 15 is 0 Å². The zero-order valence-electron chi connectivity index (χ0n) is 15.5. The Kier molecular flexibility index (Phi) is 3.83. The Morgan fingerprint density at radius 1 is 0.893 bits per heavy atom. The van der Waals surface area contributed by atoms with Crippen LogP contribution in [-0.2, 0) is 0 Å². The van der Waals surface area contributed by atoms with Gasteiger partial charge in [-0.3, -0.25) is 0 Å². The fourth-order valence-corrected chi connectivity index (χ4v) is 3.34. The molecule has 1 aliphatic rings. The Morgan fingerprint density at radius 3 is 2.54 bits per heavy atom. The molecule has 4 aromatic rings. The number of hydrogen-bond donors (Lipinski definition) is 1. The van der Waals surface area contributed by atoms with E-state index < -0.39 is 0 Å². The van der Waals surface area contributed by atoms with Crippen molar-refractivity contribution in [3.63, 3.8) is 0 Å². The fraction of sp³-hybridized carbons (Fsp3) is 0.136. The molecule has 1 aliphatic heterocycles. The number of oxazole rings is 1. The topological polar surface area (TPSA) is 65.8 Å². The highest BCUT2D eigenvalue weighted by Crippen LogP contribution is 2.37. The van der Waals surface area contributed by atoms with Crippen LogP contribution >= 0.6 is 0 Å². The Hall–Kier alpha value is -3.67. The van der Waals surface area contributed by atoms with Gasteiger partial charge >= 0.3 is 0 Å². The van der Waals surface area contributed by atoms with E-state index in [1.165, 1.54) is 0 Å². The number of ether oxygens (including phenoxy) is 3. The minimum absolute atomic E-state index is 0.265. The first-order valence-corrected chi connectivity index (χ1v) is 8.92. The van der Waals surface area contributed by atoms with Gasteiger partial charge in [0.15, 0.2) is 17.1 Å². The molecule has 0 saturated heterocycles. The lowest BCUT2D eigenvalue weighted by Crippen LogP contribution is -1.94. The highest BCUT2D eigenvalue weighted by molar-refractivity contribution is 5.83. The largest absolute Gasteiger partial charge is 0.495 e. The average Bonchev–Trinajstić information content (AvgIpc) is 3.38. The third-order valence-electron chi connectivity index (χ3n) is 4.81. The van der Waals surface area contributed by atoms with Crippen molar-refractivity contribution in [2.45, 2.75) is 0 Å². The van der Waals surface area contributed by atoms with Crippen molar-refractivity contribution in [2.75, 3.05) is 26.3 Å². The van der Waals surface area contributed by atoms with Crippen LogP contribution in [0.2, 0.25) is 0 Å². The summed E-state index contributed by atoms with van der Waals surface area (Å²) in [6.45, 7) is 0.265. The molecular formula is C22H18N2O4. The molecule has 6 heteroatoms. The molecule has 0 unspecified atom stereocenters. The van der Waals surface area contributed by atoms with Gasteiger partial charge in [0.05, 0.1) is 12.8 Å². The van der Waals surface area contributed by atoms with Crippen LogP contribution in [0, 0.1) is 0 Å². The predicted octanol–water partition coefficient (Wildman–Crippen LogP) is 4.94. The summed E-state index contributed by atoms with van der Waals surface area (Å²) in [6.07, 6.45) is 0. The monoisotopic (exact) mass is 374 g/mol. The van der Waals surface area contributed by atoms with Crippen molar-refractivity contribution in [1.29, 1.82) is 0 Å². The quantitative estimate of drug-likeness (QED) is 0.546. The van der Waals surface area contributed by atoms with Crippen LogP contribution in [0.15, 0.2) is 59.0 Å². The van der Waals surface area contributed by atoms with Gasteiger partial charge in [-0.2, -0.15) is 0 Å². The maximum atomic E-state index is 5.97. The van der Waals surface area contributed by atoms with E-state index in [-0.39, 0.29) is 6.79 Å². The highest BCUT2D eigenvalue weighted by atomic mass is 16.7. The molecule has 0 bridgehead atoms. The molecule has 0 spiro atoms. The Balaban J connectivity index is 1.54. The van der Waals surface area contributed by atoms with E-state index in [0.29, 0.717) is 5.89 Å². The van der Waals surface area contributed by atoms with Crippen molar-refractivity contribution in [2.24, 2.45) is 0 Å². The van der Waals surface area contributed by atoms with Crippen molar-refractivity contribution in [3.8, 4) is 39.8 Å². The normalized spacial score (nSPS) is 12.4. The standard InChI is InChI=1S/C22H18N2O4/c1-23-16-10-15(5-6-18(16)25-2)22-24-17-9-13(3-7-19(17)28-22)14-4-8-20-21(11-14)27-12-26-20/h3-11,23H,12H2,1-2H3. The summed E-state index contributed by atoms with van der Waals surface area (Å²) in [5, 5.41) is 3.12. The lowest BCUT2D eigenvalue weighted by Gasteiger charge is -2.08. The molecule has 5 rings (SSSR count). The smallest absolute Gasteiger partial charge is 0.231 e. The summed E-state index contributed by atoms with van der Waals surface area (Å²) in [6, 6.07) is 17.7. The number of aromatic nitrogens is 1. The molecule has 140 valence electrons. The second kappa shape index (κ2) is 6.49. The first kappa shape index (κ1) is 16.5. The zero-order chi connectivity index (χ0) is 19.1. The lowest BCUT2D eigenvalue weighted by molar-refractivity contribution is 0.174. The van der Waals surface area contributed by atoms with Gasteiger partial charge in [0.2, 0.25) is 12.7 Å². The summed E-state index contributed by atoms with van der Waals surface area (Å²) in [5.74, 6) is 2.87. The van der Waals surface area contributed by atoms with Crippen LogP contribution in [0.25, 0.3) is 33.7 Å². The molecule has 0 aliphatic carbocycles. The van der Waals surface area contributed by atoms with Crippen LogP contribution in [0.1, 0.15) is 0 Å². The predicted molar refractivity (Wildman–Crippen MR) is 107 cm³/mol. The number of hydrogen-bond acceptors (Lipinski definition) is 6. The van der Waals surface area contributed by atoms with Gasteiger partial charge in [0, 0.05) is 12.6 Å². The molecule has 0 radical (unpaired) electrons. The second-order valence-electron chi connectivity index (χ2n) is 6.43. The number of methoxy groups -OCH3 is 1. The minimum Gasteiger partial charge on any atom is -0.495 e. The van der Waals surface area contributed by atoms with Gasteiger partial charge < -0.3 is 23.9 Å². The summed E-state index contributed by atoms with van der Waals surface area (Å²) < 4.78 is 22.2. The number of fused-ring (bicyclic) bond motifs is 2. The van der Waals surface area contributed by atoms with E-state index in [4.69, 9.17) is 18.6 Å². The maximum Gasteiger partial charge on any atom is 0.231 e. The van der Waals surface area contributed by atoms with E-state index in [0.717, 1.165) is 50.7 Å². The molecule has 2 heterocycles.